The van der Waals surface area contributed by atoms with Gasteiger partial charge in [0.05, 0.1) is 6.42 Å². The lowest BCUT2D eigenvalue weighted by atomic mass is 10.1. The lowest BCUT2D eigenvalue weighted by molar-refractivity contribution is -0.136. The average Bonchev–Trinajstić information content (AvgIpc) is 2.01. The number of aromatic nitrogens is 1. The molecule has 0 atom stereocenters. The molecule has 1 aromatic rings. The Morgan fingerprint density at radius 1 is 1.57 bits per heavy atom. The van der Waals surface area contributed by atoms with Crippen LogP contribution in [0.25, 0.3) is 0 Å². The van der Waals surface area contributed by atoms with E-state index in [-0.39, 0.29) is 5.56 Å². The van der Waals surface area contributed by atoms with Crippen LogP contribution >= 0.6 is 0 Å². The van der Waals surface area contributed by atoms with E-state index in [1.54, 1.807) is 0 Å². The number of pyridine rings is 1. The minimum atomic E-state index is -2.79. The molecule has 4 nitrogen and oxygen atoms in total. The summed E-state index contributed by atoms with van der Waals surface area (Å²) in [5.74, 6) is -1.25. The van der Waals surface area contributed by atoms with Crippen LogP contribution in [-0.2, 0) is 11.2 Å². The molecule has 0 aromatic carbocycles. The number of aromatic amines is 1. The molecule has 0 bridgehead atoms. The Morgan fingerprint density at radius 3 is 2.71 bits per heavy atom. The third-order valence-corrected chi connectivity index (χ3v) is 1.62. The molecular formula is C8H7F2NO3. The highest BCUT2D eigenvalue weighted by Crippen LogP contribution is 2.20. The number of H-pyrrole nitrogens is 1. The molecule has 0 saturated carbocycles. The summed E-state index contributed by atoms with van der Waals surface area (Å²) < 4.78 is 24.6. The zero-order chi connectivity index (χ0) is 10.7. The molecule has 1 rings (SSSR count). The fraction of sp³-hybridized carbons (Fsp3) is 0.250. The molecule has 76 valence electrons. The molecule has 0 fully saturated rings. The Balaban J connectivity index is 3.15. The number of carbonyl (C=O) groups is 1. The predicted octanol–water partition coefficient (Wildman–Crippen LogP) is 0.940. The van der Waals surface area contributed by atoms with Crippen LogP contribution in [0, 0.1) is 0 Å². The zero-order valence-corrected chi connectivity index (χ0v) is 6.96. The van der Waals surface area contributed by atoms with E-state index in [0.29, 0.717) is 0 Å². The van der Waals surface area contributed by atoms with Gasteiger partial charge in [-0.05, 0) is 5.56 Å². The lowest BCUT2D eigenvalue weighted by Crippen LogP contribution is -2.12. The zero-order valence-electron chi connectivity index (χ0n) is 6.96. The van der Waals surface area contributed by atoms with Gasteiger partial charge in [-0.25, -0.2) is 8.78 Å². The summed E-state index contributed by atoms with van der Waals surface area (Å²) >= 11 is 0. The first-order chi connectivity index (χ1) is 6.50. The molecule has 0 radical (unpaired) electrons. The minimum Gasteiger partial charge on any atom is -0.481 e. The number of halogens is 2. The summed E-state index contributed by atoms with van der Waals surface area (Å²) in [6.45, 7) is 0. The summed E-state index contributed by atoms with van der Waals surface area (Å²) in [6.07, 6.45) is -2.53. The van der Waals surface area contributed by atoms with Crippen molar-refractivity contribution in [3.05, 3.63) is 33.7 Å². The molecule has 14 heavy (non-hydrogen) atoms. The number of hydrogen-bond donors (Lipinski definition) is 2. The highest BCUT2D eigenvalue weighted by atomic mass is 19.3. The molecular weight excluding hydrogens is 196 g/mol. The van der Waals surface area contributed by atoms with Crippen molar-refractivity contribution in [2.45, 2.75) is 12.8 Å². The SMILES string of the molecule is O=C(O)Cc1cc(=O)[nH]cc1C(F)F. The first-order valence-electron chi connectivity index (χ1n) is 3.72. The molecule has 6 heteroatoms. The molecule has 0 spiro atoms. The van der Waals surface area contributed by atoms with Gasteiger partial charge in [0.1, 0.15) is 0 Å². The van der Waals surface area contributed by atoms with Gasteiger partial charge in [-0.15, -0.1) is 0 Å². The van der Waals surface area contributed by atoms with Gasteiger partial charge in [0.2, 0.25) is 5.56 Å². The largest absolute Gasteiger partial charge is 0.481 e. The van der Waals surface area contributed by atoms with Crippen molar-refractivity contribution in [3.8, 4) is 0 Å². The summed E-state index contributed by atoms with van der Waals surface area (Å²) in [4.78, 5) is 23.1. The Kier molecular flexibility index (Phi) is 2.95. The molecule has 2 N–H and O–H groups in total. The van der Waals surface area contributed by atoms with Crippen LogP contribution in [0.5, 0.6) is 0 Å². The van der Waals surface area contributed by atoms with Crippen LogP contribution in [0.4, 0.5) is 8.78 Å². The number of carboxylic acid groups (broad SMARTS) is 1. The standard InChI is InChI=1S/C8H7F2NO3/c9-8(10)5-3-11-6(12)1-4(5)2-7(13)14/h1,3,8H,2H2,(H,11,12)(H,13,14). The molecule has 0 aliphatic carbocycles. The van der Waals surface area contributed by atoms with E-state index in [1.807, 2.05) is 0 Å². The summed E-state index contributed by atoms with van der Waals surface area (Å²) in [7, 11) is 0. The van der Waals surface area contributed by atoms with Crippen LogP contribution < -0.4 is 5.56 Å². The van der Waals surface area contributed by atoms with Gasteiger partial charge < -0.3 is 10.1 Å². The van der Waals surface area contributed by atoms with E-state index < -0.39 is 29.9 Å². The molecule has 0 amide bonds. The van der Waals surface area contributed by atoms with Crippen molar-refractivity contribution in [2.24, 2.45) is 0 Å². The molecule has 0 aliphatic heterocycles. The topological polar surface area (TPSA) is 70.2 Å². The molecule has 0 aliphatic rings. The summed E-state index contributed by atoms with van der Waals surface area (Å²) in [5.41, 5.74) is -1.20. The highest BCUT2D eigenvalue weighted by molar-refractivity contribution is 5.70. The second kappa shape index (κ2) is 3.99. The van der Waals surface area contributed by atoms with Crippen LogP contribution in [0.3, 0.4) is 0 Å². The molecule has 0 unspecified atom stereocenters. The maximum atomic E-state index is 12.3. The Morgan fingerprint density at radius 2 is 2.21 bits per heavy atom. The van der Waals surface area contributed by atoms with E-state index >= 15 is 0 Å². The van der Waals surface area contributed by atoms with E-state index in [0.717, 1.165) is 12.3 Å². The molecule has 1 aromatic heterocycles. The number of rotatable bonds is 3. The summed E-state index contributed by atoms with van der Waals surface area (Å²) in [5, 5.41) is 8.41. The van der Waals surface area contributed by atoms with Gasteiger partial charge in [-0.3, -0.25) is 9.59 Å². The van der Waals surface area contributed by atoms with Gasteiger partial charge in [0.15, 0.2) is 0 Å². The van der Waals surface area contributed by atoms with Gasteiger partial charge in [-0.1, -0.05) is 0 Å². The van der Waals surface area contributed by atoms with Gasteiger partial charge in [0, 0.05) is 17.8 Å². The highest BCUT2D eigenvalue weighted by Gasteiger charge is 2.15. The second-order valence-corrected chi connectivity index (χ2v) is 2.65. The van der Waals surface area contributed by atoms with E-state index in [9.17, 15) is 18.4 Å². The number of alkyl halides is 2. The first-order valence-corrected chi connectivity index (χ1v) is 3.72. The quantitative estimate of drug-likeness (QED) is 0.767. The van der Waals surface area contributed by atoms with Crippen molar-refractivity contribution in [1.82, 2.24) is 4.98 Å². The second-order valence-electron chi connectivity index (χ2n) is 2.65. The van der Waals surface area contributed by atoms with Gasteiger partial charge >= 0.3 is 5.97 Å². The van der Waals surface area contributed by atoms with Crippen LogP contribution in [0.15, 0.2) is 17.1 Å². The maximum absolute atomic E-state index is 12.3. The third kappa shape index (κ3) is 2.38. The van der Waals surface area contributed by atoms with E-state index in [1.165, 1.54) is 0 Å². The number of aliphatic carboxylic acids is 1. The predicted molar refractivity (Wildman–Crippen MR) is 43.4 cm³/mol. The fourth-order valence-electron chi connectivity index (χ4n) is 1.04. The van der Waals surface area contributed by atoms with Crippen molar-refractivity contribution in [1.29, 1.82) is 0 Å². The van der Waals surface area contributed by atoms with Gasteiger partial charge in [-0.2, -0.15) is 0 Å². The Labute approximate surface area is 77.2 Å². The normalized spacial score (nSPS) is 10.5. The smallest absolute Gasteiger partial charge is 0.307 e. The number of hydrogen-bond acceptors (Lipinski definition) is 2. The average molecular weight is 203 g/mol. The van der Waals surface area contributed by atoms with Crippen LogP contribution in [0.2, 0.25) is 0 Å². The molecule has 1 heterocycles. The molecule has 0 saturated heterocycles. The number of carboxylic acids is 1. The Bertz CT molecular complexity index is 400. The Hall–Kier alpha value is -1.72. The first kappa shape index (κ1) is 10.4. The monoisotopic (exact) mass is 203 g/mol. The van der Waals surface area contributed by atoms with E-state index in [4.69, 9.17) is 5.11 Å². The fourth-order valence-corrected chi connectivity index (χ4v) is 1.04. The lowest BCUT2D eigenvalue weighted by Gasteiger charge is -2.04. The van der Waals surface area contributed by atoms with E-state index in [2.05, 4.69) is 4.98 Å². The third-order valence-electron chi connectivity index (χ3n) is 1.62. The van der Waals surface area contributed by atoms with Crippen LogP contribution in [0.1, 0.15) is 17.6 Å². The minimum absolute atomic E-state index is 0.156. The van der Waals surface area contributed by atoms with Crippen molar-refractivity contribution >= 4 is 5.97 Å². The van der Waals surface area contributed by atoms with Crippen molar-refractivity contribution < 1.29 is 18.7 Å². The number of nitrogens with one attached hydrogen (secondary N) is 1. The van der Waals surface area contributed by atoms with Crippen LogP contribution in [-0.4, -0.2) is 16.1 Å². The van der Waals surface area contributed by atoms with Crippen molar-refractivity contribution in [2.75, 3.05) is 0 Å². The van der Waals surface area contributed by atoms with Gasteiger partial charge in [0.25, 0.3) is 6.43 Å². The maximum Gasteiger partial charge on any atom is 0.307 e. The summed E-state index contributed by atoms with van der Waals surface area (Å²) in [6, 6.07) is 0.871. The van der Waals surface area contributed by atoms with Crippen molar-refractivity contribution in [3.63, 3.8) is 0 Å².